The third-order valence-corrected chi connectivity index (χ3v) is 5.09. The molecule has 0 aliphatic carbocycles. The molecule has 0 atom stereocenters. The number of hydrogen-bond donors (Lipinski definition) is 0. The lowest BCUT2D eigenvalue weighted by molar-refractivity contribution is -0.137. The molecule has 0 bridgehead atoms. The number of aryl methyl sites for hydroxylation is 3. The van der Waals surface area contributed by atoms with Crippen LogP contribution in [-0.2, 0) is 37.4 Å². The summed E-state index contributed by atoms with van der Waals surface area (Å²) in [5, 5.41) is 4.53. The van der Waals surface area contributed by atoms with E-state index in [4.69, 9.17) is 0 Å². The van der Waals surface area contributed by atoms with Crippen LogP contribution in [0.15, 0.2) is 48.8 Å². The molecule has 0 saturated heterocycles. The number of rotatable bonds is 6. The number of carbonyl (C=O) groups excluding carboxylic acids is 1. The molecule has 0 spiro atoms. The first-order chi connectivity index (χ1) is 12.8. The highest BCUT2D eigenvalue weighted by molar-refractivity contribution is 5.87. The fourth-order valence-electron chi connectivity index (χ4n) is 3.20. The average Bonchev–Trinajstić information content (AvgIpc) is 3.19. The molecule has 1 amide bonds. The Morgan fingerprint density at radius 2 is 1.85 bits per heavy atom. The molecule has 27 heavy (non-hydrogen) atoms. The van der Waals surface area contributed by atoms with Crippen molar-refractivity contribution in [1.82, 2.24) is 24.2 Å². The highest BCUT2D eigenvalue weighted by Crippen LogP contribution is 2.27. The number of amides is 1. The Morgan fingerprint density at radius 1 is 1.15 bits per heavy atom. The lowest BCUT2D eigenvalue weighted by Crippen LogP contribution is -2.43. The highest BCUT2D eigenvalue weighted by atomic mass is 16.2. The molecule has 0 radical (unpaired) electrons. The van der Waals surface area contributed by atoms with Crippen LogP contribution in [0.3, 0.4) is 0 Å². The monoisotopic (exact) mass is 365 g/mol. The van der Waals surface area contributed by atoms with Crippen LogP contribution in [0.4, 0.5) is 0 Å². The summed E-state index contributed by atoms with van der Waals surface area (Å²) in [5.41, 5.74) is 2.30. The van der Waals surface area contributed by atoms with Crippen molar-refractivity contribution >= 4 is 5.91 Å². The van der Waals surface area contributed by atoms with E-state index in [9.17, 15) is 4.79 Å². The van der Waals surface area contributed by atoms with Crippen LogP contribution in [0.1, 0.15) is 36.6 Å². The molecular weight excluding hydrogens is 338 g/mol. The minimum absolute atomic E-state index is 0.0556. The van der Waals surface area contributed by atoms with Crippen LogP contribution in [0.25, 0.3) is 0 Å². The summed E-state index contributed by atoms with van der Waals surface area (Å²) in [6.07, 6.45) is 3.65. The Morgan fingerprint density at radius 3 is 2.41 bits per heavy atom. The van der Waals surface area contributed by atoms with E-state index in [1.54, 1.807) is 6.20 Å². The number of carbonyl (C=O) groups is 1. The lowest BCUT2D eigenvalue weighted by Gasteiger charge is -2.32. The van der Waals surface area contributed by atoms with Gasteiger partial charge in [0.2, 0.25) is 5.91 Å². The van der Waals surface area contributed by atoms with Crippen molar-refractivity contribution in [2.75, 3.05) is 0 Å². The minimum Gasteiger partial charge on any atom is -0.337 e. The molecule has 142 valence electrons. The second kappa shape index (κ2) is 7.39. The van der Waals surface area contributed by atoms with E-state index in [0.717, 1.165) is 22.8 Å². The van der Waals surface area contributed by atoms with Gasteiger partial charge in [-0.1, -0.05) is 30.3 Å². The summed E-state index contributed by atoms with van der Waals surface area (Å²) >= 11 is 0. The van der Waals surface area contributed by atoms with Gasteiger partial charge in [-0.25, -0.2) is 4.98 Å². The van der Waals surface area contributed by atoms with Crippen molar-refractivity contribution < 1.29 is 4.79 Å². The standard InChI is InChI=1S/C21H27N5O/c1-16-13-18(23-25(16)5)14-26(15-19-22-11-12-24(19)4)20(27)21(2,3)17-9-7-6-8-10-17/h6-13H,14-15H2,1-5H3. The summed E-state index contributed by atoms with van der Waals surface area (Å²) < 4.78 is 3.78. The van der Waals surface area contributed by atoms with E-state index in [2.05, 4.69) is 10.1 Å². The molecule has 3 aromatic rings. The fourth-order valence-corrected chi connectivity index (χ4v) is 3.20. The van der Waals surface area contributed by atoms with Crippen molar-refractivity contribution in [3.05, 3.63) is 71.6 Å². The number of imidazole rings is 1. The molecule has 6 nitrogen and oxygen atoms in total. The van der Waals surface area contributed by atoms with Crippen molar-refractivity contribution in [3.63, 3.8) is 0 Å². The quantitative estimate of drug-likeness (QED) is 0.675. The van der Waals surface area contributed by atoms with Crippen LogP contribution < -0.4 is 0 Å². The largest absolute Gasteiger partial charge is 0.337 e. The first kappa shape index (κ1) is 18.9. The molecule has 0 fully saturated rings. The Kier molecular flexibility index (Phi) is 5.17. The van der Waals surface area contributed by atoms with Gasteiger partial charge < -0.3 is 9.47 Å². The topological polar surface area (TPSA) is 56.0 Å². The highest BCUT2D eigenvalue weighted by Gasteiger charge is 2.34. The number of aromatic nitrogens is 4. The van der Waals surface area contributed by atoms with Crippen LogP contribution in [0.5, 0.6) is 0 Å². The second-order valence-electron chi connectivity index (χ2n) is 7.51. The van der Waals surface area contributed by atoms with Crippen molar-refractivity contribution in [1.29, 1.82) is 0 Å². The molecule has 2 heterocycles. The van der Waals surface area contributed by atoms with E-state index in [-0.39, 0.29) is 5.91 Å². The predicted octanol–water partition coefficient (Wildman–Crippen LogP) is 2.97. The van der Waals surface area contributed by atoms with Gasteiger partial charge in [0.05, 0.1) is 24.2 Å². The lowest BCUT2D eigenvalue weighted by atomic mass is 9.83. The smallest absolute Gasteiger partial charge is 0.233 e. The zero-order chi connectivity index (χ0) is 19.6. The van der Waals surface area contributed by atoms with Crippen LogP contribution >= 0.6 is 0 Å². The first-order valence-corrected chi connectivity index (χ1v) is 9.09. The molecule has 6 heteroatoms. The van der Waals surface area contributed by atoms with Gasteiger partial charge in [0.25, 0.3) is 0 Å². The molecule has 1 aromatic carbocycles. The van der Waals surface area contributed by atoms with Crippen LogP contribution in [0.2, 0.25) is 0 Å². The zero-order valence-electron chi connectivity index (χ0n) is 16.7. The third-order valence-electron chi connectivity index (χ3n) is 5.09. The second-order valence-corrected chi connectivity index (χ2v) is 7.51. The summed E-state index contributed by atoms with van der Waals surface area (Å²) in [4.78, 5) is 19.8. The van der Waals surface area contributed by atoms with E-state index in [0.29, 0.717) is 13.1 Å². The molecule has 0 aliphatic heterocycles. The normalized spacial score (nSPS) is 11.6. The number of nitrogens with zero attached hydrogens (tertiary/aromatic N) is 5. The summed E-state index contributed by atoms with van der Waals surface area (Å²) in [7, 11) is 3.86. The number of benzene rings is 1. The van der Waals surface area contributed by atoms with Gasteiger partial charge >= 0.3 is 0 Å². The van der Waals surface area contributed by atoms with Crippen molar-refractivity contribution in [2.45, 2.75) is 39.3 Å². The van der Waals surface area contributed by atoms with Crippen molar-refractivity contribution in [3.8, 4) is 0 Å². The van der Waals surface area contributed by atoms with Crippen LogP contribution in [0, 0.1) is 6.92 Å². The molecule has 3 rings (SSSR count). The first-order valence-electron chi connectivity index (χ1n) is 9.09. The Labute approximate surface area is 160 Å². The van der Waals surface area contributed by atoms with Gasteiger partial charge in [-0.15, -0.1) is 0 Å². The molecule has 0 saturated carbocycles. The predicted molar refractivity (Wildman–Crippen MR) is 105 cm³/mol. The van der Waals surface area contributed by atoms with E-state index in [1.807, 2.05) is 91.6 Å². The maximum Gasteiger partial charge on any atom is 0.233 e. The SMILES string of the molecule is Cc1cc(CN(Cc2nccn2C)C(=O)C(C)(C)c2ccccc2)nn1C. The van der Waals surface area contributed by atoms with Gasteiger partial charge in [-0.05, 0) is 32.4 Å². The van der Waals surface area contributed by atoms with E-state index < -0.39 is 5.41 Å². The van der Waals surface area contributed by atoms with Gasteiger partial charge in [-0.2, -0.15) is 5.10 Å². The van der Waals surface area contributed by atoms with E-state index >= 15 is 0 Å². The van der Waals surface area contributed by atoms with Crippen molar-refractivity contribution in [2.24, 2.45) is 14.1 Å². The third kappa shape index (κ3) is 3.94. The molecule has 2 aromatic heterocycles. The Hall–Kier alpha value is -2.89. The molecule has 0 unspecified atom stereocenters. The molecule has 0 aliphatic rings. The summed E-state index contributed by atoms with van der Waals surface area (Å²) in [6.45, 7) is 6.84. The zero-order valence-corrected chi connectivity index (χ0v) is 16.7. The van der Waals surface area contributed by atoms with Gasteiger partial charge in [0.1, 0.15) is 5.82 Å². The maximum atomic E-state index is 13.6. The van der Waals surface area contributed by atoms with E-state index in [1.165, 1.54) is 0 Å². The Bertz CT molecular complexity index is 904. The molecular formula is C21H27N5O. The number of hydrogen-bond acceptors (Lipinski definition) is 3. The Balaban J connectivity index is 1.92. The summed E-state index contributed by atoms with van der Waals surface area (Å²) in [6, 6.07) is 11.9. The fraction of sp³-hybridized carbons (Fsp3) is 0.381. The maximum absolute atomic E-state index is 13.6. The average molecular weight is 365 g/mol. The van der Waals surface area contributed by atoms with Crippen LogP contribution in [-0.4, -0.2) is 30.1 Å². The van der Waals surface area contributed by atoms with Gasteiger partial charge in [0.15, 0.2) is 0 Å². The van der Waals surface area contributed by atoms with Gasteiger partial charge in [-0.3, -0.25) is 9.48 Å². The summed E-state index contributed by atoms with van der Waals surface area (Å²) in [5.74, 6) is 0.903. The molecule has 0 N–H and O–H groups in total. The minimum atomic E-state index is -0.643. The van der Waals surface area contributed by atoms with Gasteiger partial charge in [0, 0.05) is 32.2 Å².